The van der Waals surface area contributed by atoms with Crippen LogP contribution in [0.4, 0.5) is 0 Å². The number of aryl methyl sites for hydroxylation is 1. The van der Waals surface area contributed by atoms with E-state index in [0.717, 1.165) is 5.76 Å². The zero-order chi connectivity index (χ0) is 16.1. The molecule has 1 N–H and O–H groups in total. The van der Waals surface area contributed by atoms with Gasteiger partial charge in [0, 0.05) is 19.0 Å². The van der Waals surface area contributed by atoms with Crippen LogP contribution < -0.4 is 0 Å². The molecule has 8 heteroatoms. The molecule has 0 fully saturated rings. The van der Waals surface area contributed by atoms with E-state index >= 15 is 0 Å². The maximum atomic E-state index is 12.4. The largest absolute Gasteiger partial charge is 0.480 e. The van der Waals surface area contributed by atoms with Crippen LogP contribution in [0, 0.1) is 6.92 Å². The zero-order valence-electron chi connectivity index (χ0n) is 12.2. The average Bonchev–Trinajstić information content (AvgIpc) is 3.10. The van der Waals surface area contributed by atoms with E-state index < -0.39 is 18.4 Å². The van der Waals surface area contributed by atoms with E-state index in [1.807, 2.05) is 13.0 Å². The Bertz CT molecular complexity index is 664. The molecule has 0 spiro atoms. The lowest BCUT2D eigenvalue weighted by Crippen LogP contribution is -2.38. The Hall–Kier alpha value is -2.19. The number of aromatic nitrogens is 1. The van der Waals surface area contributed by atoms with Gasteiger partial charge in [-0.05, 0) is 19.1 Å². The third kappa shape index (κ3) is 3.92. The summed E-state index contributed by atoms with van der Waals surface area (Å²) >= 11 is 1.27. The van der Waals surface area contributed by atoms with Crippen molar-refractivity contribution in [2.45, 2.75) is 6.92 Å². The van der Waals surface area contributed by atoms with Gasteiger partial charge in [-0.15, -0.1) is 11.3 Å². The fourth-order valence-electron chi connectivity index (χ4n) is 1.81. The second-order valence-electron chi connectivity index (χ2n) is 4.56. The summed E-state index contributed by atoms with van der Waals surface area (Å²) in [6.45, 7) is 1.87. The predicted molar refractivity (Wildman–Crippen MR) is 80.0 cm³/mol. The topological polar surface area (TPSA) is 92.9 Å². The first-order chi connectivity index (χ1) is 10.5. The second kappa shape index (κ2) is 7.19. The van der Waals surface area contributed by atoms with Gasteiger partial charge in [-0.1, -0.05) is 0 Å². The van der Waals surface area contributed by atoms with Crippen molar-refractivity contribution in [2.24, 2.45) is 0 Å². The summed E-state index contributed by atoms with van der Waals surface area (Å²) in [6.07, 6.45) is 0. The minimum atomic E-state index is -1.08. The molecule has 2 aromatic rings. The van der Waals surface area contributed by atoms with Crippen LogP contribution in [0.1, 0.15) is 16.2 Å². The molecule has 0 bridgehead atoms. The molecule has 2 heterocycles. The Kier molecular flexibility index (Phi) is 5.29. The van der Waals surface area contributed by atoms with E-state index in [9.17, 15) is 9.59 Å². The quantitative estimate of drug-likeness (QED) is 0.836. The molecule has 0 aliphatic carbocycles. The summed E-state index contributed by atoms with van der Waals surface area (Å²) in [6, 6.07) is 3.59. The molecule has 22 heavy (non-hydrogen) atoms. The fraction of sp³-hybridized carbons (Fsp3) is 0.357. The van der Waals surface area contributed by atoms with E-state index in [-0.39, 0.29) is 18.8 Å². The van der Waals surface area contributed by atoms with Crippen LogP contribution >= 0.6 is 11.3 Å². The molecule has 0 aliphatic heterocycles. The molecule has 7 nitrogen and oxygen atoms in total. The van der Waals surface area contributed by atoms with Gasteiger partial charge < -0.3 is 19.2 Å². The van der Waals surface area contributed by atoms with Crippen molar-refractivity contribution in [1.29, 1.82) is 0 Å². The molecular weight excluding hydrogens is 308 g/mol. The van der Waals surface area contributed by atoms with Gasteiger partial charge in [0.05, 0.1) is 6.61 Å². The maximum absolute atomic E-state index is 12.4. The molecule has 0 radical (unpaired) electrons. The molecule has 0 unspecified atom stereocenters. The van der Waals surface area contributed by atoms with Crippen molar-refractivity contribution in [3.8, 4) is 10.8 Å². The highest BCUT2D eigenvalue weighted by atomic mass is 32.1. The van der Waals surface area contributed by atoms with Gasteiger partial charge in [-0.25, -0.2) is 4.98 Å². The lowest BCUT2D eigenvalue weighted by molar-refractivity contribution is -0.137. The number of aliphatic carboxylic acids is 1. The summed E-state index contributed by atoms with van der Waals surface area (Å²) < 4.78 is 10.4. The number of carbonyl (C=O) groups is 2. The third-order valence-corrected chi connectivity index (χ3v) is 3.71. The number of furan rings is 1. The monoisotopic (exact) mass is 324 g/mol. The number of ether oxygens (including phenoxy) is 1. The molecular formula is C14H16N2O5S. The Morgan fingerprint density at radius 2 is 2.23 bits per heavy atom. The van der Waals surface area contributed by atoms with E-state index in [1.54, 1.807) is 11.4 Å². The van der Waals surface area contributed by atoms with Crippen molar-refractivity contribution in [3.05, 3.63) is 29.0 Å². The van der Waals surface area contributed by atoms with Crippen LogP contribution in [0.15, 0.2) is 21.9 Å². The van der Waals surface area contributed by atoms with Gasteiger partial charge in [0.25, 0.3) is 5.91 Å². The fourth-order valence-corrected chi connectivity index (χ4v) is 2.57. The van der Waals surface area contributed by atoms with Crippen LogP contribution in [-0.4, -0.2) is 53.7 Å². The van der Waals surface area contributed by atoms with E-state index in [4.69, 9.17) is 14.3 Å². The van der Waals surface area contributed by atoms with Gasteiger partial charge in [-0.2, -0.15) is 0 Å². The summed E-state index contributed by atoms with van der Waals surface area (Å²) in [4.78, 5) is 28.6. The van der Waals surface area contributed by atoms with Crippen LogP contribution in [0.5, 0.6) is 0 Å². The van der Waals surface area contributed by atoms with E-state index in [2.05, 4.69) is 4.98 Å². The van der Waals surface area contributed by atoms with Crippen LogP contribution in [0.3, 0.4) is 0 Å². The van der Waals surface area contributed by atoms with Crippen molar-refractivity contribution in [2.75, 3.05) is 26.8 Å². The minimum Gasteiger partial charge on any atom is -0.480 e. The van der Waals surface area contributed by atoms with Gasteiger partial charge >= 0.3 is 5.97 Å². The van der Waals surface area contributed by atoms with Crippen molar-refractivity contribution >= 4 is 23.2 Å². The molecule has 2 aromatic heterocycles. The number of carboxylic acids is 1. The number of hydrogen-bond donors (Lipinski definition) is 1. The summed E-state index contributed by atoms with van der Waals surface area (Å²) in [5.41, 5.74) is 0.200. The highest BCUT2D eigenvalue weighted by Gasteiger charge is 2.21. The van der Waals surface area contributed by atoms with Gasteiger partial charge in [-0.3, -0.25) is 9.59 Å². The first-order valence-corrected chi connectivity index (χ1v) is 7.41. The maximum Gasteiger partial charge on any atom is 0.323 e. The smallest absolute Gasteiger partial charge is 0.323 e. The first kappa shape index (κ1) is 16.2. The predicted octanol–water partition coefficient (Wildman–Crippen LogP) is 1.88. The second-order valence-corrected chi connectivity index (χ2v) is 5.42. The normalized spacial score (nSPS) is 10.6. The van der Waals surface area contributed by atoms with Crippen LogP contribution in [0.2, 0.25) is 0 Å². The molecule has 0 aliphatic rings. The lowest BCUT2D eigenvalue weighted by atomic mass is 10.3. The number of amides is 1. The van der Waals surface area contributed by atoms with Crippen molar-refractivity contribution in [3.63, 3.8) is 0 Å². The van der Waals surface area contributed by atoms with Crippen molar-refractivity contribution in [1.82, 2.24) is 9.88 Å². The van der Waals surface area contributed by atoms with E-state index in [1.165, 1.54) is 23.3 Å². The highest BCUT2D eigenvalue weighted by Crippen LogP contribution is 2.26. The molecule has 1 amide bonds. The van der Waals surface area contributed by atoms with E-state index in [0.29, 0.717) is 10.8 Å². The summed E-state index contributed by atoms with van der Waals surface area (Å²) in [7, 11) is 1.49. The SMILES string of the molecule is COCCN(CC(=O)O)C(=O)c1csc(-c2ccc(C)o2)n1. The Balaban J connectivity index is 2.16. The average molecular weight is 324 g/mol. The lowest BCUT2D eigenvalue weighted by Gasteiger charge is -2.18. The Morgan fingerprint density at radius 3 is 2.82 bits per heavy atom. The van der Waals surface area contributed by atoms with Gasteiger partial charge in [0.15, 0.2) is 10.8 Å². The van der Waals surface area contributed by atoms with Crippen molar-refractivity contribution < 1.29 is 23.8 Å². The van der Waals surface area contributed by atoms with Crippen LogP contribution in [-0.2, 0) is 9.53 Å². The molecule has 2 rings (SSSR count). The standard InChI is InChI=1S/C14H16N2O5S/c1-9-3-4-11(21-9)13-15-10(8-22-13)14(19)16(5-6-20-2)7-12(17)18/h3-4,8H,5-7H2,1-2H3,(H,17,18). The van der Waals surface area contributed by atoms with Gasteiger partial charge in [0.1, 0.15) is 18.0 Å². The Morgan fingerprint density at radius 1 is 1.45 bits per heavy atom. The summed E-state index contributed by atoms with van der Waals surface area (Å²) in [5.74, 6) is -0.180. The van der Waals surface area contributed by atoms with Gasteiger partial charge in [0.2, 0.25) is 0 Å². The number of carbonyl (C=O) groups excluding carboxylic acids is 1. The molecule has 118 valence electrons. The molecule has 0 saturated heterocycles. The summed E-state index contributed by atoms with van der Waals surface area (Å²) in [5, 5.41) is 11.1. The molecule has 0 atom stereocenters. The number of carboxylic acid groups (broad SMARTS) is 1. The van der Waals surface area contributed by atoms with Crippen LogP contribution in [0.25, 0.3) is 10.8 Å². The minimum absolute atomic E-state index is 0.189. The Labute approximate surface area is 131 Å². The third-order valence-electron chi connectivity index (χ3n) is 2.85. The number of thiazole rings is 1. The number of rotatable bonds is 7. The number of methoxy groups -OCH3 is 1. The molecule has 0 aromatic carbocycles. The first-order valence-electron chi connectivity index (χ1n) is 6.53. The number of hydrogen-bond acceptors (Lipinski definition) is 6. The molecule has 0 saturated carbocycles. The highest BCUT2D eigenvalue weighted by molar-refractivity contribution is 7.13. The number of nitrogens with zero attached hydrogens (tertiary/aromatic N) is 2. The zero-order valence-corrected chi connectivity index (χ0v) is 13.1.